The summed E-state index contributed by atoms with van der Waals surface area (Å²) in [4.78, 5) is 0. The molecular weight excluding hydrogens is 222 g/mol. The molecule has 0 atom stereocenters. The van der Waals surface area contributed by atoms with Gasteiger partial charge in [0, 0.05) is 11.4 Å². The molecule has 4 heteroatoms. The molecule has 0 saturated heterocycles. The lowest BCUT2D eigenvalue weighted by Gasteiger charge is -2.11. The molecule has 86 valence electrons. The molecule has 2 rings (SSSR count). The highest BCUT2D eigenvalue weighted by Gasteiger charge is 2.16. The van der Waals surface area contributed by atoms with Crippen LogP contribution in [0.2, 0.25) is 0 Å². The Morgan fingerprint density at radius 1 is 1.00 bits per heavy atom. The van der Waals surface area contributed by atoms with E-state index in [1.807, 2.05) is 26.0 Å². The molecule has 1 aromatic carbocycles. The van der Waals surface area contributed by atoms with E-state index in [0.29, 0.717) is 0 Å². The average molecular weight is 232 g/mol. The predicted octanol–water partition coefficient (Wildman–Crippen LogP) is 3.24. The second kappa shape index (κ2) is 4.02. The molecule has 0 bridgehead atoms. The summed E-state index contributed by atoms with van der Waals surface area (Å²) in [5.41, 5.74) is 1.46. The van der Waals surface area contributed by atoms with Crippen LogP contribution >= 0.6 is 0 Å². The van der Waals surface area contributed by atoms with E-state index in [9.17, 15) is 8.78 Å². The third kappa shape index (κ3) is 1.70. The minimum Gasteiger partial charge on any atom is -0.316 e. The fourth-order valence-electron chi connectivity index (χ4n) is 1.85. The van der Waals surface area contributed by atoms with Crippen LogP contribution in [0.5, 0.6) is 0 Å². The van der Waals surface area contributed by atoms with Crippen molar-refractivity contribution in [1.29, 1.82) is 5.26 Å². The Morgan fingerprint density at radius 2 is 1.59 bits per heavy atom. The van der Waals surface area contributed by atoms with Gasteiger partial charge in [0.2, 0.25) is 0 Å². The van der Waals surface area contributed by atoms with Crippen LogP contribution in [0.4, 0.5) is 8.78 Å². The van der Waals surface area contributed by atoms with Gasteiger partial charge in [0.1, 0.15) is 6.07 Å². The SMILES string of the molecule is Cc1ccc(C)n1-c1ccc(C#N)c(F)c1F. The largest absolute Gasteiger partial charge is 0.316 e. The van der Waals surface area contributed by atoms with Crippen LogP contribution in [0, 0.1) is 36.8 Å². The first-order chi connectivity index (χ1) is 8.06. The van der Waals surface area contributed by atoms with Crippen molar-refractivity contribution in [1.82, 2.24) is 4.57 Å². The van der Waals surface area contributed by atoms with E-state index in [1.54, 1.807) is 10.6 Å². The number of nitrogens with zero attached hydrogens (tertiary/aromatic N) is 2. The van der Waals surface area contributed by atoms with Crippen molar-refractivity contribution < 1.29 is 8.78 Å². The fourth-order valence-corrected chi connectivity index (χ4v) is 1.85. The van der Waals surface area contributed by atoms with Gasteiger partial charge >= 0.3 is 0 Å². The van der Waals surface area contributed by atoms with Gasteiger partial charge in [0.15, 0.2) is 11.6 Å². The van der Waals surface area contributed by atoms with Crippen LogP contribution in [0.15, 0.2) is 24.3 Å². The molecule has 0 N–H and O–H groups in total. The lowest BCUT2D eigenvalue weighted by atomic mass is 10.2. The molecule has 0 amide bonds. The van der Waals surface area contributed by atoms with Crippen molar-refractivity contribution in [2.24, 2.45) is 0 Å². The molecule has 0 spiro atoms. The van der Waals surface area contributed by atoms with Crippen LogP contribution in [0.25, 0.3) is 5.69 Å². The van der Waals surface area contributed by atoms with Gasteiger partial charge in [-0.05, 0) is 38.1 Å². The molecule has 0 aliphatic carbocycles. The average Bonchev–Trinajstić information content (AvgIpc) is 2.63. The summed E-state index contributed by atoms with van der Waals surface area (Å²) in [6, 6.07) is 7.96. The molecule has 17 heavy (non-hydrogen) atoms. The van der Waals surface area contributed by atoms with Gasteiger partial charge in [-0.15, -0.1) is 0 Å². The molecule has 0 saturated carbocycles. The van der Waals surface area contributed by atoms with Crippen LogP contribution in [-0.2, 0) is 0 Å². The third-order valence-corrected chi connectivity index (χ3v) is 2.69. The maximum absolute atomic E-state index is 13.8. The molecule has 2 aromatic rings. The Hall–Kier alpha value is -2.15. The van der Waals surface area contributed by atoms with Gasteiger partial charge in [-0.25, -0.2) is 8.78 Å². The summed E-state index contributed by atoms with van der Waals surface area (Å²) >= 11 is 0. The lowest BCUT2D eigenvalue weighted by Crippen LogP contribution is -2.04. The summed E-state index contributed by atoms with van der Waals surface area (Å²) in [6.45, 7) is 3.62. The first kappa shape index (κ1) is 11.3. The Labute approximate surface area is 97.7 Å². The van der Waals surface area contributed by atoms with Crippen molar-refractivity contribution in [2.45, 2.75) is 13.8 Å². The molecule has 0 radical (unpaired) electrons. The van der Waals surface area contributed by atoms with Crippen molar-refractivity contribution in [3.63, 3.8) is 0 Å². The number of benzene rings is 1. The topological polar surface area (TPSA) is 28.7 Å². The molecule has 0 unspecified atom stereocenters. The molecule has 1 aromatic heterocycles. The van der Waals surface area contributed by atoms with Gasteiger partial charge in [0.05, 0.1) is 11.3 Å². The second-order valence-electron chi connectivity index (χ2n) is 3.82. The number of rotatable bonds is 1. The van der Waals surface area contributed by atoms with E-state index in [2.05, 4.69) is 0 Å². The minimum absolute atomic E-state index is 0.126. The zero-order chi connectivity index (χ0) is 12.6. The number of hydrogen-bond donors (Lipinski definition) is 0. The Bertz CT molecular complexity index is 602. The van der Waals surface area contributed by atoms with E-state index in [1.165, 1.54) is 12.1 Å². The Morgan fingerprint density at radius 3 is 2.12 bits per heavy atom. The smallest absolute Gasteiger partial charge is 0.184 e. The highest BCUT2D eigenvalue weighted by atomic mass is 19.2. The van der Waals surface area contributed by atoms with Crippen LogP contribution in [0.3, 0.4) is 0 Å². The van der Waals surface area contributed by atoms with Gasteiger partial charge < -0.3 is 4.57 Å². The summed E-state index contributed by atoms with van der Waals surface area (Å²) in [7, 11) is 0. The van der Waals surface area contributed by atoms with Gasteiger partial charge in [0.25, 0.3) is 0 Å². The summed E-state index contributed by atoms with van der Waals surface area (Å²) in [5, 5.41) is 8.61. The number of hydrogen-bond acceptors (Lipinski definition) is 1. The van der Waals surface area contributed by atoms with Crippen LogP contribution < -0.4 is 0 Å². The second-order valence-corrected chi connectivity index (χ2v) is 3.82. The van der Waals surface area contributed by atoms with E-state index in [-0.39, 0.29) is 11.3 Å². The number of aryl methyl sites for hydroxylation is 2. The lowest BCUT2D eigenvalue weighted by molar-refractivity contribution is 0.501. The van der Waals surface area contributed by atoms with E-state index >= 15 is 0 Å². The molecule has 0 aliphatic heterocycles. The highest BCUT2D eigenvalue weighted by Crippen LogP contribution is 2.23. The van der Waals surface area contributed by atoms with Crippen LogP contribution in [-0.4, -0.2) is 4.57 Å². The molecule has 1 heterocycles. The molecular formula is C13H10F2N2. The first-order valence-corrected chi connectivity index (χ1v) is 5.09. The Kier molecular flexibility index (Phi) is 2.68. The fraction of sp³-hybridized carbons (Fsp3) is 0.154. The first-order valence-electron chi connectivity index (χ1n) is 5.09. The Balaban J connectivity index is 2.71. The maximum atomic E-state index is 13.8. The summed E-state index contributed by atoms with van der Waals surface area (Å²) in [5.74, 6) is -2.09. The third-order valence-electron chi connectivity index (χ3n) is 2.69. The summed E-state index contributed by atoms with van der Waals surface area (Å²) in [6.07, 6.45) is 0. The quantitative estimate of drug-likeness (QED) is 0.742. The van der Waals surface area contributed by atoms with Crippen molar-refractivity contribution in [2.75, 3.05) is 0 Å². The highest BCUT2D eigenvalue weighted by molar-refractivity contribution is 5.44. The predicted molar refractivity (Wildman–Crippen MR) is 59.9 cm³/mol. The minimum atomic E-state index is -1.10. The molecule has 0 fully saturated rings. The standard InChI is InChI=1S/C13H10F2N2/c1-8-3-4-9(2)17(8)11-6-5-10(7-16)12(14)13(11)15/h3-6H,1-2H3. The monoisotopic (exact) mass is 232 g/mol. The molecule has 2 nitrogen and oxygen atoms in total. The normalized spacial score (nSPS) is 10.3. The van der Waals surface area contributed by atoms with Gasteiger partial charge in [-0.3, -0.25) is 0 Å². The summed E-state index contributed by atoms with van der Waals surface area (Å²) < 4.78 is 28.9. The van der Waals surface area contributed by atoms with Crippen molar-refractivity contribution in [3.8, 4) is 11.8 Å². The number of nitriles is 1. The number of halogens is 2. The van der Waals surface area contributed by atoms with E-state index < -0.39 is 11.6 Å². The van der Waals surface area contributed by atoms with Crippen molar-refractivity contribution in [3.05, 3.63) is 52.9 Å². The van der Waals surface area contributed by atoms with E-state index in [4.69, 9.17) is 5.26 Å². The van der Waals surface area contributed by atoms with Gasteiger partial charge in [-0.2, -0.15) is 5.26 Å². The van der Waals surface area contributed by atoms with E-state index in [0.717, 1.165) is 11.4 Å². The zero-order valence-electron chi connectivity index (χ0n) is 9.46. The molecule has 0 aliphatic rings. The number of aromatic nitrogens is 1. The van der Waals surface area contributed by atoms with Gasteiger partial charge in [-0.1, -0.05) is 0 Å². The zero-order valence-corrected chi connectivity index (χ0v) is 9.46. The van der Waals surface area contributed by atoms with Crippen LogP contribution in [0.1, 0.15) is 17.0 Å². The maximum Gasteiger partial charge on any atom is 0.184 e. The van der Waals surface area contributed by atoms with Crippen molar-refractivity contribution >= 4 is 0 Å².